The molecule has 0 radical (unpaired) electrons. The zero-order valence-electron chi connectivity index (χ0n) is 13.1. The molecule has 0 N–H and O–H groups in total. The number of rotatable bonds is 4. The lowest BCUT2D eigenvalue weighted by Crippen LogP contribution is -2.55. The molecule has 0 atom stereocenters. The summed E-state index contributed by atoms with van der Waals surface area (Å²) < 4.78 is 0. The first-order valence-corrected chi connectivity index (χ1v) is 7.86. The first-order valence-electron chi connectivity index (χ1n) is 7.86. The van der Waals surface area contributed by atoms with Gasteiger partial charge in [0.15, 0.2) is 0 Å². The maximum Gasteiger partial charge on any atom is 0.0105 e. The first kappa shape index (κ1) is 14.3. The molecule has 106 valence electrons. The lowest BCUT2D eigenvalue weighted by molar-refractivity contribution is -0.0444. The van der Waals surface area contributed by atoms with Gasteiger partial charge in [0.2, 0.25) is 0 Å². The van der Waals surface area contributed by atoms with E-state index in [1.165, 1.54) is 45.3 Å². The van der Waals surface area contributed by atoms with Crippen molar-refractivity contribution in [2.24, 2.45) is 11.3 Å². The molecule has 2 nitrogen and oxygen atoms in total. The highest BCUT2D eigenvalue weighted by molar-refractivity contribution is 5.01. The predicted octanol–water partition coefficient (Wildman–Crippen LogP) is 3.23. The van der Waals surface area contributed by atoms with E-state index >= 15 is 0 Å². The fourth-order valence-electron chi connectivity index (χ4n) is 3.78. The molecule has 0 aromatic carbocycles. The molecule has 1 heterocycles. The van der Waals surface area contributed by atoms with Crippen LogP contribution in [0.2, 0.25) is 0 Å². The standard InChI is InChI=1S/C16H32N2/c1-13(2)12-18-8-6-16(7-9-18)10-15(11-16)17(5)14(3)4/h13-15H,6-12H2,1-5H3. The average molecular weight is 252 g/mol. The van der Waals surface area contributed by atoms with Crippen molar-refractivity contribution in [2.45, 2.75) is 65.5 Å². The Labute approximate surface area is 114 Å². The highest BCUT2D eigenvalue weighted by atomic mass is 15.2. The predicted molar refractivity (Wildman–Crippen MR) is 78.9 cm³/mol. The summed E-state index contributed by atoms with van der Waals surface area (Å²) in [4.78, 5) is 5.25. The topological polar surface area (TPSA) is 6.48 Å². The van der Waals surface area contributed by atoms with Crippen LogP contribution >= 0.6 is 0 Å². The van der Waals surface area contributed by atoms with E-state index in [0.29, 0.717) is 6.04 Å². The number of hydrogen-bond donors (Lipinski definition) is 0. The monoisotopic (exact) mass is 252 g/mol. The van der Waals surface area contributed by atoms with Crippen LogP contribution in [-0.4, -0.2) is 48.6 Å². The molecule has 2 heteroatoms. The molecular formula is C16H32N2. The molecule has 0 unspecified atom stereocenters. The molecule has 2 aliphatic rings. The van der Waals surface area contributed by atoms with E-state index < -0.39 is 0 Å². The van der Waals surface area contributed by atoms with Crippen LogP contribution in [0.3, 0.4) is 0 Å². The molecule has 0 bridgehead atoms. The molecule has 0 amide bonds. The number of likely N-dealkylation sites (tertiary alicyclic amines) is 1. The van der Waals surface area contributed by atoms with E-state index in [9.17, 15) is 0 Å². The van der Waals surface area contributed by atoms with Crippen LogP contribution in [0.1, 0.15) is 53.4 Å². The van der Waals surface area contributed by atoms with Crippen LogP contribution in [-0.2, 0) is 0 Å². The molecule has 1 aliphatic carbocycles. The van der Waals surface area contributed by atoms with Gasteiger partial charge in [0.05, 0.1) is 0 Å². The van der Waals surface area contributed by atoms with Crippen LogP contribution < -0.4 is 0 Å². The average Bonchev–Trinajstić information content (AvgIpc) is 2.25. The Morgan fingerprint density at radius 3 is 2.11 bits per heavy atom. The number of nitrogens with zero attached hydrogens (tertiary/aromatic N) is 2. The second-order valence-electron chi connectivity index (χ2n) is 7.52. The van der Waals surface area contributed by atoms with Gasteiger partial charge in [-0.15, -0.1) is 0 Å². The van der Waals surface area contributed by atoms with Crippen molar-refractivity contribution in [3.63, 3.8) is 0 Å². The fraction of sp³-hybridized carbons (Fsp3) is 1.00. The largest absolute Gasteiger partial charge is 0.303 e. The Balaban J connectivity index is 1.75. The summed E-state index contributed by atoms with van der Waals surface area (Å²) >= 11 is 0. The molecule has 1 spiro atoms. The van der Waals surface area contributed by atoms with Crippen molar-refractivity contribution in [3.05, 3.63) is 0 Å². The summed E-state index contributed by atoms with van der Waals surface area (Å²) in [5.74, 6) is 0.820. The molecule has 2 fully saturated rings. The van der Waals surface area contributed by atoms with E-state index in [1.807, 2.05) is 0 Å². The molecular weight excluding hydrogens is 220 g/mol. The van der Waals surface area contributed by atoms with Gasteiger partial charge in [0.25, 0.3) is 0 Å². The molecule has 1 aliphatic heterocycles. The van der Waals surface area contributed by atoms with Crippen LogP contribution in [0.5, 0.6) is 0 Å². The lowest BCUT2D eigenvalue weighted by atomic mass is 9.60. The highest BCUT2D eigenvalue weighted by Gasteiger charge is 2.47. The Morgan fingerprint density at radius 1 is 1.11 bits per heavy atom. The number of hydrogen-bond acceptors (Lipinski definition) is 2. The zero-order chi connectivity index (χ0) is 13.3. The van der Waals surface area contributed by atoms with Crippen molar-refractivity contribution in [2.75, 3.05) is 26.7 Å². The van der Waals surface area contributed by atoms with Gasteiger partial charge in [-0.3, -0.25) is 0 Å². The third-order valence-corrected chi connectivity index (χ3v) is 5.27. The van der Waals surface area contributed by atoms with Crippen LogP contribution in [0, 0.1) is 11.3 Å². The second-order valence-corrected chi connectivity index (χ2v) is 7.52. The van der Waals surface area contributed by atoms with E-state index in [4.69, 9.17) is 0 Å². The molecule has 2 rings (SSSR count). The van der Waals surface area contributed by atoms with Gasteiger partial charge < -0.3 is 9.80 Å². The summed E-state index contributed by atoms with van der Waals surface area (Å²) in [6, 6.07) is 1.56. The zero-order valence-corrected chi connectivity index (χ0v) is 13.1. The van der Waals surface area contributed by atoms with E-state index in [1.54, 1.807) is 0 Å². The van der Waals surface area contributed by atoms with Gasteiger partial charge in [-0.05, 0) is 71.0 Å². The minimum atomic E-state index is 0.702. The summed E-state index contributed by atoms with van der Waals surface area (Å²) in [6.07, 6.45) is 5.80. The van der Waals surface area contributed by atoms with Gasteiger partial charge in [-0.1, -0.05) is 13.8 Å². The fourth-order valence-corrected chi connectivity index (χ4v) is 3.78. The molecule has 1 saturated heterocycles. The lowest BCUT2D eigenvalue weighted by Gasteiger charge is -2.55. The van der Waals surface area contributed by atoms with E-state index in [0.717, 1.165) is 17.4 Å². The van der Waals surface area contributed by atoms with Crippen LogP contribution in [0.4, 0.5) is 0 Å². The van der Waals surface area contributed by atoms with Crippen molar-refractivity contribution < 1.29 is 0 Å². The maximum atomic E-state index is 2.68. The SMILES string of the molecule is CC(C)CN1CCC2(CC1)CC(N(C)C(C)C)C2. The van der Waals surface area contributed by atoms with Gasteiger partial charge >= 0.3 is 0 Å². The van der Waals surface area contributed by atoms with Crippen LogP contribution in [0.15, 0.2) is 0 Å². The summed E-state index contributed by atoms with van der Waals surface area (Å²) in [5.41, 5.74) is 0.724. The molecule has 0 aromatic heterocycles. The minimum Gasteiger partial charge on any atom is -0.303 e. The summed E-state index contributed by atoms with van der Waals surface area (Å²) in [7, 11) is 2.30. The van der Waals surface area contributed by atoms with Gasteiger partial charge in [-0.25, -0.2) is 0 Å². The first-order chi connectivity index (χ1) is 8.42. The highest BCUT2D eigenvalue weighted by Crippen LogP contribution is 2.50. The third-order valence-electron chi connectivity index (χ3n) is 5.27. The van der Waals surface area contributed by atoms with Crippen LogP contribution in [0.25, 0.3) is 0 Å². The Kier molecular flexibility index (Phi) is 4.38. The van der Waals surface area contributed by atoms with Gasteiger partial charge in [0, 0.05) is 18.6 Å². The molecule has 0 aromatic rings. The van der Waals surface area contributed by atoms with Crippen molar-refractivity contribution >= 4 is 0 Å². The normalized spacial score (nSPS) is 25.3. The minimum absolute atomic E-state index is 0.702. The quantitative estimate of drug-likeness (QED) is 0.758. The van der Waals surface area contributed by atoms with Crippen molar-refractivity contribution in [1.82, 2.24) is 9.80 Å². The van der Waals surface area contributed by atoms with Crippen molar-refractivity contribution in [1.29, 1.82) is 0 Å². The molecule has 1 saturated carbocycles. The Hall–Kier alpha value is -0.0800. The third kappa shape index (κ3) is 3.08. The van der Waals surface area contributed by atoms with Crippen molar-refractivity contribution in [3.8, 4) is 0 Å². The molecule has 18 heavy (non-hydrogen) atoms. The maximum absolute atomic E-state index is 2.68. The van der Waals surface area contributed by atoms with E-state index in [2.05, 4.69) is 44.5 Å². The number of piperidine rings is 1. The summed E-state index contributed by atoms with van der Waals surface area (Å²) in [5, 5.41) is 0. The van der Waals surface area contributed by atoms with E-state index in [-0.39, 0.29) is 0 Å². The second kappa shape index (κ2) is 5.50. The van der Waals surface area contributed by atoms with Gasteiger partial charge in [-0.2, -0.15) is 0 Å². The Bertz CT molecular complexity index is 256. The van der Waals surface area contributed by atoms with Gasteiger partial charge in [0.1, 0.15) is 0 Å². The smallest absolute Gasteiger partial charge is 0.0105 e. The summed E-state index contributed by atoms with van der Waals surface area (Å²) in [6.45, 7) is 13.3. The Morgan fingerprint density at radius 2 is 1.67 bits per heavy atom.